The van der Waals surface area contributed by atoms with Gasteiger partial charge in [0.25, 0.3) is 0 Å². The molecule has 0 saturated carbocycles. The second-order valence-electron chi connectivity index (χ2n) is 12.6. The van der Waals surface area contributed by atoms with E-state index in [9.17, 15) is 0 Å². The molecule has 0 bridgehead atoms. The molecule has 26 heavy (non-hydrogen) atoms. The third-order valence-corrected chi connectivity index (χ3v) is 7.76. The van der Waals surface area contributed by atoms with Crippen molar-refractivity contribution in [3.8, 4) is 0 Å². The van der Waals surface area contributed by atoms with Crippen LogP contribution in [0.3, 0.4) is 0 Å². The summed E-state index contributed by atoms with van der Waals surface area (Å²) in [6.07, 6.45) is 3.78. The number of nitrogens with zero attached hydrogens (tertiary/aromatic N) is 2. The second-order valence-corrected chi connectivity index (χ2v) is 12.6. The van der Waals surface area contributed by atoms with E-state index in [1.807, 2.05) is 0 Å². The van der Waals surface area contributed by atoms with Gasteiger partial charge >= 0.3 is 0 Å². The highest BCUT2D eigenvalue weighted by Crippen LogP contribution is 2.45. The van der Waals surface area contributed by atoms with Crippen LogP contribution in [0.2, 0.25) is 0 Å². The van der Waals surface area contributed by atoms with Gasteiger partial charge in [-0.2, -0.15) is 0 Å². The summed E-state index contributed by atoms with van der Waals surface area (Å²) < 4.78 is 0. The number of hydrogen-bond donors (Lipinski definition) is 0. The predicted octanol–water partition coefficient (Wildman–Crippen LogP) is 6.45. The van der Waals surface area contributed by atoms with Crippen molar-refractivity contribution < 1.29 is 0 Å². The molecule has 0 aromatic heterocycles. The molecule has 1 saturated heterocycles. The van der Waals surface area contributed by atoms with E-state index < -0.39 is 0 Å². The molecule has 0 aromatic carbocycles. The van der Waals surface area contributed by atoms with E-state index in [-0.39, 0.29) is 5.54 Å². The summed E-state index contributed by atoms with van der Waals surface area (Å²) in [5, 5.41) is 0. The first-order valence-corrected chi connectivity index (χ1v) is 10.9. The van der Waals surface area contributed by atoms with Crippen molar-refractivity contribution in [1.29, 1.82) is 0 Å². The molecule has 0 radical (unpaired) electrons. The molecule has 0 amide bonds. The SMILES string of the molecule is CCC(C)(C)CC(C)(C)N1CCN(C(C)(C)CC(C)(C)C(C)(C)C)CC1. The van der Waals surface area contributed by atoms with Crippen molar-refractivity contribution in [1.82, 2.24) is 9.80 Å². The van der Waals surface area contributed by atoms with Gasteiger partial charge in [-0.3, -0.25) is 9.80 Å². The number of hydrogen-bond acceptors (Lipinski definition) is 2. The molecule has 1 heterocycles. The Kier molecular flexibility index (Phi) is 7.13. The third-order valence-electron chi connectivity index (χ3n) is 7.76. The maximum atomic E-state index is 2.75. The van der Waals surface area contributed by atoms with Crippen molar-refractivity contribution in [2.75, 3.05) is 26.2 Å². The fraction of sp³-hybridized carbons (Fsp3) is 1.00. The van der Waals surface area contributed by atoms with E-state index in [2.05, 4.69) is 92.9 Å². The van der Waals surface area contributed by atoms with E-state index in [0.29, 0.717) is 21.8 Å². The van der Waals surface area contributed by atoms with Gasteiger partial charge in [0.05, 0.1) is 0 Å². The van der Waals surface area contributed by atoms with Crippen molar-refractivity contribution in [3.05, 3.63) is 0 Å². The summed E-state index contributed by atoms with van der Waals surface area (Å²) in [4.78, 5) is 5.49. The second kappa shape index (κ2) is 7.74. The fourth-order valence-electron chi connectivity index (χ4n) is 4.78. The summed E-state index contributed by atoms with van der Waals surface area (Å²) in [5.74, 6) is 0. The van der Waals surface area contributed by atoms with Crippen LogP contribution in [0.25, 0.3) is 0 Å². The Bertz CT molecular complexity index is 443. The van der Waals surface area contributed by atoms with E-state index in [0.717, 1.165) is 0 Å². The van der Waals surface area contributed by atoms with Gasteiger partial charge in [0.15, 0.2) is 0 Å². The molecule has 0 aromatic rings. The zero-order chi connectivity index (χ0) is 20.6. The Hall–Kier alpha value is -0.0800. The number of piperazine rings is 1. The topological polar surface area (TPSA) is 6.48 Å². The van der Waals surface area contributed by atoms with Gasteiger partial charge in [0.1, 0.15) is 0 Å². The van der Waals surface area contributed by atoms with Crippen LogP contribution in [0.5, 0.6) is 0 Å². The molecule has 0 unspecified atom stereocenters. The maximum absolute atomic E-state index is 2.75. The van der Waals surface area contributed by atoms with Crippen molar-refractivity contribution >= 4 is 0 Å². The Morgan fingerprint density at radius 3 is 1.23 bits per heavy atom. The monoisotopic (exact) mass is 366 g/mol. The minimum absolute atomic E-state index is 0.260. The van der Waals surface area contributed by atoms with E-state index in [1.165, 1.54) is 45.4 Å². The van der Waals surface area contributed by atoms with Crippen molar-refractivity contribution in [3.63, 3.8) is 0 Å². The first-order chi connectivity index (χ1) is 11.4. The molecule has 0 aliphatic carbocycles. The lowest BCUT2D eigenvalue weighted by Gasteiger charge is -2.53. The lowest BCUT2D eigenvalue weighted by atomic mass is 9.64. The summed E-state index contributed by atoms with van der Waals surface area (Å²) in [5.41, 5.74) is 1.64. The Labute approximate surface area is 166 Å². The minimum atomic E-state index is 0.260. The average Bonchev–Trinajstić information content (AvgIpc) is 2.44. The zero-order valence-corrected chi connectivity index (χ0v) is 20.3. The fourth-order valence-corrected chi connectivity index (χ4v) is 4.78. The highest BCUT2D eigenvalue weighted by Gasteiger charge is 2.42. The molecular weight excluding hydrogens is 316 g/mol. The van der Waals surface area contributed by atoms with Gasteiger partial charge in [0.2, 0.25) is 0 Å². The lowest BCUT2D eigenvalue weighted by Crippen LogP contribution is -2.60. The summed E-state index contributed by atoms with van der Waals surface area (Å²) in [6.45, 7) is 33.8. The van der Waals surface area contributed by atoms with E-state index >= 15 is 0 Å². The van der Waals surface area contributed by atoms with Gasteiger partial charge in [-0.05, 0) is 56.8 Å². The standard InChI is InChI=1S/C24H50N2/c1-13-21(5,6)18-23(9,10)25-14-16-26(17-15-25)24(11,12)19-22(7,8)20(2,3)4/h13-19H2,1-12H3. The van der Waals surface area contributed by atoms with Crippen LogP contribution in [-0.2, 0) is 0 Å². The smallest absolute Gasteiger partial charge is 0.0159 e. The van der Waals surface area contributed by atoms with Crippen LogP contribution in [0.4, 0.5) is 0 Å². The third kappa shape index (κ3) is 5.96. The van der Waals surface area contributed by atoms with Crippen LogP contribution in [0.15, 0.2) is 0 Å². The zero-order valence-electron chi connectivity index (χ0n) is 20.3. The van der Waals surface area contributed by atoms with Crippen LogP contribution in [0, 0.1) is 16.2 Å². The Morgan fingerprint density at radius 1 is 0.577 bits per heavy atom. The molecule has 1 rings (SSSR count). The van der Waals surface area contributed by atoms with Crippen LogP contribution >= 0.6 is 0 Å². The van der Waals surface area contributed by atoms with Gasteiger partial charge < -0.3 is 0 Å². The molecule has 2 heteroatoms. The van der Waals surface area contributed by atoms with Gasteiger partial charge in [0, 0.05) is 37.3 Å². The first kappa shape index (κ1) is 24.0. The van der Waals surface area contributed by atoms with Crippen LogP contribution < -0.4 is 0 Å². The summed E-state index contributed by atoms with van der Waals surface area (Å²) in [6, 6.07) is 0. The van der Waals surface area contributed by atoms with Crippen LogP contribution in [0.1, 0.15) is 102 Å². The van der Waals surface area contributed by atoms with Crippen LogP contribution in [-0.4, -0.2) is 47.1 Å². The number of rotatable bonds is 7. The normalized spacial score (nSPS) is 19.8. The van der Waals surface area contributed by atoms with E-state index in [4.69, 9.17) is 0 Å². The summed E-state index contributed by atoms with van der Waals surface area (Å²) >= 11 is 0. The Morgan fingerprint density at radius 2 is 0.923 bits per heavy atom. The highest BCUT2D eigenvalue weighted by atomic mass is 15.3. The van der Waals surface area contributed by atoms with Crippen molar-refractivity contribution in [2.24, 2.45) is 16.2 Å². The molecule has 0 atom stereocenters. The quantitative estimate of drug-likeness (QED) is 0.511. The molecule has 1 fully saturated rings. The Balaban J connectivity index is 2.73. The molecule has 1 aliphatic heterocycles. The molecule has 156 valence electrons. The average molecular weight is 367 g/mol. The van der Waals surface area contributed by atoms with E-state index in [1.54, 1.807) is 0 Å². The first-order valence-electron chi connectivity index (χ1n) is 10.9. The molecule has 0 spiro atoms. The summed E-state index contributed by atoms with van der Waals surface area (Å²) in [7, 11) is 0. The van der Waals surface area contributed by atoms with Gasteiger partial charge in [-0.25, -0.2) is 0 Å². The predicted molar refractivity (Wildman–Crippen MR) is 118 cm³/mol. The van der Waals surface area contributed by atoms with Crippen molar-refractivity contribution in [2.45, 2.75) is 113 Å². The molecule has 0 N–H and O–H groups in total. The largest absolute Gasteiger partial charge is 0.296 e. The lowest BCUT2D eigenvalue weighted by molar-refractivity contribution is -0.0323. The maximum Gasteiger partial charge on any atom is 0.0159 e. The molecule has 2 nitrogen and oxygen atoms in total. The van der Waals surface area contributed by atoms with Gasteiger partial charge in [-0.15, -0.1) is 0 Å². The molecular formula is C24H50N2. The molecule has 1 aliphatic rings. The minimum Gasteiger partial charge on any atom is -0.296 e. The highest BCUT2D eigenvalue weighted by molar-refractivity contribution is 4.96. The van der Waals surface area contributed by atoms with Gasteiger partial charge in [-0.1, -0.05) is 61.8 Å².